The van der Waals surface area contributed by atoms with Gasteiger partial charge in [-0.15, -0.1) is 0 Å². The topological polar surface area (TPSA) is 61.6 Å². The van der Waals surface area contributed by atoms with Crippen molar-refractivity contribution in [2.45, 2.75) is 49.7 Å². The van der Waals surface area contributed by atoms with Crippen LogP contribution in [0.4, 0.5) is 0 Å². The number of ether oxygens (including phenoxy) is 2. The molecule has 1 saturated carbocycles. The fourth-order valence-electron chi connectivity index (χ4n) is 3.35. The number of carbonyl (C=O) groups is 1. The first-order valence-corrected chi connectivity index (χ1v) is 6.69. The van der Waals surface area contributed by atoms with Crippen molar-refractivity contribution in [3.63, 3.8) is 0 Å². The normalized spacial score (nSPS) is 40.2. The van der Waals surface area contributed by atoms with E-state index in [1.165, 1.54) is 6.42 Å². The maximum atomic E-state index is 12.5. The number of nitrogens with two attached hydrogens (primary N) is 1. The molecule has 96 valence electrons. The van der Waals surface area contributed by atoms with Crippen molar-refractivity contribution in [2.75, 3.05) is 19.8 Å². The molecule has 2 unspecified atom stereocenters. The Labute approximate surface area is 102 Å². The molecule has 0 bridgehead atoms. The summed E-state index contributed by atoms with van der Waals surface area (Å²) in [4.78, 5) is 12.5. The Hall–Kier alpha value is -0.450. The van der Waals surface area contributed by atoms with Gasteiger partial charge in [-0.2, -0.15) is 0 Å². The third-order valence-corrected chi connectivity index (χ3v) is 4.67. The average Bonchev–Trinajstić information content (AvgIpc) is 2.75. The van der Waals surface area contributed by atoms with Crippen molar-refractivity contribution in [2.24, 2.45) is 11.7 Å². The van der Waals surface area contributed by atoms with Gasteiger partial charge in [-0.05, 0) is 38.5 Å². The summed E-state index contributed by atoms with van der Waals surface area (Å²) in [6.45, 7) is 1.74. The van der Waals surface area contributed by atoms with E-state index in [-0.39, 0.29) is 17.3 Å². The molecular formula is C13H21NO3. The van der Waals surface area contributed by atoms with Crippen LogP contribution in [0.25, 0.3) is 0 Å². The second-order valence-corrected chi connectivity index (χ2v) is 5.90. The minimum Gasteiger partial charge on any atom is -0.379 e. The van der Waals surface area contributed by atoms with Gasteiger partial charge in [0, 0.05) is 19.1 Å². The number of hydrogen-bond acceptors (Lipinski definition) is 4. The summed E-state index contributed by atoms with van der Waals surface area (Å²) in [5.74, 6) is 0.306. The van der Waals surface area contributed by atoms with Crippen molar-refractivity contribution >= 4 is 5.78 Å². The Kier molecular flexibility index (Phi) is 2.76. The number of rotatable bonds is 2. The molecule has 0 radical (unpaired) electrons. The van der Waals surface area contributed by atoms with Crippen LogP contribution in [0, 0.1) is 5.92 Å². The number of carbonyl (C=O) groups excluding carboxylic acids is 1. The zero-order valence-corrected chi connectivity index (χ0v) is 10.2. The summed E-state index contributed by atoms with van der Waals surface area (Å²) in [5, 5.41) is 0. The van der Waals surface area contributed by atoms with Crippen LogP contribution in [-0.2, 0) is 14.3 Å². The van der Waals surface area contributed by atoms with Crippen molar-refractivity contribution in [1.29, 1.82) is 0 Å². The lowest BCUT2D eigenvalue weighted by molar-refractivity contribution is -0.158. The summed E-state index contributed by atoms with van der Waals surface area (Å²) < 4.78 is 11.1. The van der Waals surface area contributed by atoms with Gasteiger partial charge in [0.05, 0.1) is 12.2 Å². The highest BCUT2D eigenvalue weighted by Gasteiger charge is 2.48. The van der Waals surface area contributed by atoms with Crippen LogP contribution in [0.3, 0.4) is 0 Å². The molecule has 4 nitrogen and oxygen atoms in total. The van der Waals surface area contributed by atoms with Crippen molar-refractivity contribution in [3.05, 3.63) is 0 Å². The van der Waals surface area contributed by atoms with E-state index in [2.05, 4.69) is 0 Å². The van der Waals surface area contributed by atoms with Crippen LogP contribution in [0.5, 0.6) is 0 Å². The van der Waals surface area contributed by atoms with Gasteiger partial charge in [0.15, 0.2) is 5.78 Å². The van der Waals surface area contributed by atoms with E-state index in [1.54, 1.807) is 0 Å². The highest BCUT2D eigenvalue weighted by molar-refractivity contribution is 5.90. The van der Waals surface area contributed by atoms with E-state index in [4.69, 9.17) is 15.2 Å². The summed E-state index contributed by atoms with van der Waals surface area (Å²) in [6.07, 6.45) is 5.86. The molecule has 17 heavy (non-hydrogen) atoms. The highest BCUT2D eigenvalue weighted by atomic mass is 16.5. The zero-order valence-electron chi connectivity index (χ0n) is 10.2. The van der Waals surface area contributed by atoms with Gasteiger partial charge in [-0.1, -0.05) is 0 Å². The zero-order chi connectivity index (χ0) is 11.9. The van der Waals surface area contributed by atoms with Gasteiger partial charge in [-0.25, -0.2) is 0 Å². The standard InChI is InChI=1S/C13H21NO3/c14-13(5-7-16-9-13)11(15)10-2-6-17-12(8-10)3-1-4-12/h10H,1-9,14H2. The average molecular weight is 239 g/mol. The summed E-state index contributed by atoms with van der Waals surface area (Å²) >= 11 is 0. The Morgan fingerprint density at radius 3 is 2.65 bits per heavy atom. The number of hydrogen-bond donors (Lipinski definition) is 1. The van der Waals surface area contributed by atoms with Crippen LogP contribution in [-0.4, -0.2) is 36.7 Å². The molecule has 0 aromatic rings. The van der Waals surface area contributed by atoms with E-state index in [0.717, 1.165) is 25.7 Å². The Morgan fingerprint density at radius 1 is 1.24 bits per heavy atom. The first-order chi connectivity index (χ1) is 8.14. The third-order valence-electron chi connectivity index (χ3n) is 4.67. The van der Waals surface area contributed by atoms with E-state index in [1.807, 2.05) is 0 Å². The molecule has 3 aliphatic rings. The van der Waals surface area contributed by atoms with Gasteiger partial charge in [0.25, 0.3) is 0 Å². The van der Waals surface area contributed by atoms with E-state index < -0.39 is 5.54 Å². The van der Waals surface area contributed by atoms with Crippen LogP contribution >= 0.6 is 0 Å². The molecule has 0 aromatic heterocycles. The molecule has 4 heteroatoms. The lowest BCUT2D eigenvalue weighted by Crippen LogP contribution is -2.55. The monoisotopic (exact) mass is 239 g/mol. The SMILES string of the molecule is NC1(C(=O)C2CCOC3(CCC3)C2)CCOC1. The minimum atomic E-state index is -0.715. The van der Waals surface area contributed by atoms with E-state index in [9.17, 15) is 4.79 Å². The predicted molar refractivity (Wildman–Crippen MR) is 62.6 cm³/mol. The van der Waals surface area contributed by atoms with Crippen LogP contribution in [0.2, 0.25) is 0 Å². The lowest BCUT2D eigenvalue weighted by Gasteiger charge is -2.47. The second-order valence-electron chi connectivity index (χ2n) is 5.90. The Balaban J connectivity index is 1.69. The van der Waals surface area contributed by atoms with E-state index >= 15 is 0 Å². The van der Waals surface area contributed by atoms with Gasteiger partial charge in [0.1, 0.15) is 5.54 Å². The molecule has 3 fully saturated rings. The molecule has 2 saturated heterocycles. The summed E-state index contributed by atoms with van der Waals surface area (Å²) in [5.41, 5.74) is 5.47. The molecule has 1 aliphatic carbocycles. The van der Waals surface area contributed by atoms with Crippen LogP contribution in [0.1, 0.15) is 38.5 Å². The van der Waals surface area contributed by atoms with Crippen molar-refractivity contribution in [3.8, 4) is 0 Å². The maximum absolute atomic E-state index is 12.5. The first kappa shape index (κ1) is 11.6. The van der Waals surface area contributed by atoms with Crippen molar-refractivity contribution in [1.82, 2.24) is 0 Å². The minimum absolute atomic E-state index is 0.0222. The predicted octanol–water partition coefficient (Wildman–Crippen LogP) is 1.02. The van der Waals surface area contributed by atoms with Crippen LogP contribution < -0.4 is 5.73 Å². The summed E-state index contributed by atoms with van der Waals surface area (Å²) in [7, 11) is 0. The Morgan fingerprint density at radius 2 is 2.06 bits per heavy atom. The quantitative estimate of drug-likeness (QED) is 0.781. The van der Waals surface area contributed by atoms with E-state index in [0.29, 0.717) is 26.2 Å². The van der Waals surface area contributed by atoms with Gasteiger partial charge in [-0.3, -0.25) is 4.79 Å². The molecule has 2 atom stereocenters. The molecule has 1 spiro atoms. The van der Waals surface area contributed by atoms with Crippen molar-refractivity contribution < 1.29 is 14.3 Å². The van der Waals surface area contributed by atoms with Gasteiger partial charge in [0.2, 0.25) is 0 Å². The number of Topliss-reactive ketones (excluding diaryl/α,β-unsaturated/α-hetero) is 1. The highest BCUT2D eigenvalue weighted by Crippen LogP contribution is 2.45. The smallest absolute Gasteiger partial charge is 0.158 e. The second kappa shape index (κ2) is 4.04. The maximum Gasteiger partial charge on any atom is 0.158 e. The fourth-order valence-corrected chi connectivity index (χ4v) is 3.35. The molecule has 2 heterocycles. The number of ketones is 1. The molecule has 0 aromatic carbocycles. The first-order valence-electron chi connectivity index (χ1n) is 6.69. The van der Waals surface area contributed by atoms with Crippen LogP contribution in [0.15, 0.2) is 0 Å². The van der Waals surface area contributed by atoms with Gasteiger partial charge < -0.3 is 15.2 Å². The molecule has 2 N–H and O–H groups in total. The van der Waals surface area contributed by atoms with Gasteiger partial charge >= 0.3 is 0 Å². The summed E-state index contributed by atoms with van der Waals surface area (Å²) in [6, 6.07) is 0. The molecule has 2 aliphatic heterocycles. The molecule has 0 amide bonds. The molecular weight excluding hydrogens is 218 g/mol. The molecule has 3 rings (SSSR count). The third kappa shape index (κ3) is 1.92. The fraction of sp³-hybridized carbons (Fsp3) is 0.923. The Bertz CT molecular complexity index is 319. The lowest BCUT2D eigenvalue weighted by atomic mass is 9.69. The largest absolute Gasteiger partial charge is 0.379 e.